The first-order valence-electron chi connectivity index (χ1n) is 9.00. The molecule has 0 aliphatic carbocycles. The number of hydrogen-bond donors (Lipinski definition) is 1. The van der Waals surface area contributed by atoms with E-state index in [2.05, 4.69) is 5.32 Å². The molecule has 0 heterocycles. The van der Waals surface area contributed by atoms with Gasteiger partial charge in [-0.15, -0.1) is 0 Å². The molecule has 150 valence electrons. The Morgan fingerprint density at radius 1 is 1.21 bits per heavy atom. The lowest BCUT2D eigenvalue weighted by atomic mass is 10.1. The summed E-state index contributed by atoms with van der Waals surface area (Å²) in [4.78, 5) is 24.2. The van der Waals surface area contributed by atoms with Crippen LogP contribution in [0.2, 0.25) is 5.02 Å². The number of amides is 1. The van der Waals surface area contributed by atoms with E-state index in [4.69, 9.17) is 21.1 Å². The van der Waals surface area contributed by atoms with Crippen molar-refractivity contribution in [2.45, 2.75) is 26.9 Å². The van der Waals surface area contributed by atoms with E-state index < -0.39 is 11.9 Å². The summed E-state index contributed by atoms with van der Waals surface area (Å²) in [5.41, 5.74) is 1.22. The number of carbonyl (C=O) groups excluding carboxylic acids is 2. The van der Waals surface area contributed by atoms with E-state index in [0.717, 1.165) is 0 Å². The van der Waals surface area contributed by atoms with Crippen LogP contribution in [0, 0.1) is 11.3 Å². The van der Waals surface area contributed by atoms with E-state index in [1.54, 1.807) is 37.3 Å². The first-order valence-corrected chi connectivity index (χ1v) is 9.38. The molecular formula is C22H21ClN2O4. The van der Waals surface area contributed by atoms with Crippen molar-refractivity contribution < 1.29 is 19.1 Å². The van der Waals surface area contributed by atoms with E-state index in [-0.39, 0.29) is 18.3 Å². The summed E-state index contributed by atoms with van der Waals surface area (Å²) in [6.07, 6.45) is 1.34. The number of rotatable bonds is 7. The Morgan fingerprint density at radius 2 is 1.90 bits per heavy atom. The van der Waals surface area contributed by atoms with Crippen LogP contribution < -0.4 is 10.1 Å². The van der Waals surface area contributed by atoms with Crippen molar-refractivity contribution in [1.29, 1.82) is 5.26 Å². The van der Waals surface area contributed by atoms with Gasteiger partial charge in [0, 0.05) is 16.3 Å². The number of nitrogens with one attached hydrogen (secondary N) is 1. The Hall–Kier alpha value is -3.30. The van der Waals surface area contributed by atoms with E-state index in [1.165, 1.54) is 18.2 Å². The second-order valence-corrected chi connectivity index (χ2v) is 6.71. The van der Waals surface area contributed by atoms with Crippen LogP contribution in [0.3, 0.4) is 0 Å². The third kappa shape index (κ3) is 6.37. The van der Waals surface area contributed by atoms with Crippen molar-refractivity contribution in [2.75, 3.05) is 11.9 Å². The summed E-state index contributed by atoms with van der Waals surface area (Å²) in [6, 6.07) is 13.1. The highest BCUT2D eigenvalue weighted by molar-refractivity contribution is 6.30. The third-order valence-electron chi connectivity index (χ3n) is 3.65. The topological polar surface area (TPSA) is 88.4 Å². The zero-order valence-corrected chi connectivity index (χ0v) is 17.1. The Balaban J connectivity index is 2.22. The summed E-state index contributed by atoms with van der Waals surface area (Å²) < 4.78 is 10.6. The molecule has 2 aromatic carbocycles. The van der Waals surface area contributed by atoms with Gasteiger partial charge in [0.2, 0.25) is 0 Å². The minimum atomic E-state index is -0.591. The van der Waals surface area contributed by atoms with Gasteiger partial charge in [0.1, 0.15) is 17.4 Å². The Kier molecular flexibility index (Phi) is 7.81. The van der Waals surface area contributed by atoms with Gasteiger partial charge < -0.3 is 14.8 Å². The van der Waals surface area contributed by atoms with Crippen molar-refractivity contribution in [2.24, 2.45) is 0 Å². The molecule has 2 rings (SSSR count). The Labute approximate surface area is 174 Å². The molecule has 0 unspecified atom stereocenters. The number of nitrogens with zero attached hydrogens (tertiary/aromatic N) is 1. The maximum atomic E-state index is 12.5. The number of benzene rings is 2. The smallest absolute Gasteiger partial charge is 0.338 e. The molecule has 0 fully saturated rings. The Morgan fingerprint density at radius 3 is 2.48 bits per heavy atom. The maximum Gasteiger partial charge on any atom is 0.338 e. The van der Waals surface area contributed by atoms with Gasteiger partial charge in [-0.1, -0.05) is 11.6 Å². The minimum absolute atomic E-state index is 0.0828. The van der Waals surface area contributed by atoms with Crippen molar-refractivity contribution in [3.63, 3.8) is 0 Å². The summed E-state index contributed by atoms with van der Waals surface area (Å²) in [7, 11) is 0. The number of carbonyl (C=O) groups is 2. The average molecular weight is 413 g/mol. The molecule has 0 radical (unpaired) electrons. The number of esters is 1. The van der Waals surface area contributed by atoms with Crippen molar-refractivity contribution in [3.05, 3.63) is 64.2 Å². The molecule has 0 aliphatic rings. The molecule has 0 saturated heterocycles. The van der Waals surface area contributed by atoms with Crippen LogP contribution in [-0.4, -0.2) is 24.6 Å². The fourth-order valence-electron chi connectivity index (χ4n) is 2.40. The van der Waals surface area contributed by atoms with Crippen LogP contribution in [0.1, 0.15) is 36.7 Å². The van der Waals surface area contributed by atoms with E-state index in [9.17, 15) is 14.9 Å². The first-order chi connectivity index (χ1) is 13.8. The predicted octanol–water partition coefficient (Wildman–Crippen LogP) is 4.85. The van der Waals surface area contributed by atoms with Gasteiger partial charge >= 0.3 is 5.97 Å². The summed E-state index contributed by atoms with van der Waals surface area (Å²) in [6.45, 7) is 5.75. The van der Waals surface area contributed by atoms with Gasteiger partial charge in [0.25, 0.3) is 5.91 Å². The third-order valence-corrected chi connectivity index (χ3v) is 3.89. The molecule has 2 aromatic rings. The van der Waals surface area contributed by atoms with Crippen molar-refractivity contribution in [3.8, 4) is 11.8 Å². The average Bonchev–Trinajstić information content (AvgIpc) is 2.68. The Bertz CT molecular complexity index is 960. The first kappa shape index (κ1) is 22.0. The van der Waals surface area contributed by atoms with Gasteiger partial charge in [-0.25, -0.2) is 4.79 Å². The minimum Gasteiger partial charge on any atom is -0.490 e. The number of halogens is 1. The highest BCUT2D eigenvalue weighted by Gasteiger charge is 2.13. The van der Waals surface area contributed by atoms with Gasteiger partial charge in [0.15, 0.2) is 0 Å². The van der Waals surface area contributed by atoms with Crippen LogP contribution in [0.5, 0.6) is 5.75 Å². The summed E-state index contributed by atoms with van der Waals surface area (Å²) in [5, 5.41) is 12.5. The lowest BCUT2D eigenvalue weighted by Gasteiger charge is -2.13. The molecule has 0 saturated carbocycles. The molecule has 0 aliphatic heterocycles. The van der Waals surface area contributed by atoms with Gasteiger partial charge in [0.05, 0.1) is 18.3 Å². The molecule has 0 bridgehead atoms. The summed E-state index contributed by atoms with van der Waals surface area (Å²) in [5.74, 6) is -0.516. The monoisotopic (exact) mass is 412 g/mol. The molecule has 7 heteroatoms. The van der Waals surface area contributed by atoms with E-state index >= 15 is 0 Å². The maximum absolute atomic E-state index is 12.5. The molecule has 1 N–H and O–H groups in total. The van der Waals surface area contributed by atoms with Crippen LogP contribution in [-0.2, 0) is 9.53 Å². The molecule has 0 aromatic heterocycles. The number of nitriles is 1. The fraction of sp³-hybridized carbons (Fsp3) is 0.227. The molecule has 0 atom stereocenters. The summed E-state index contributed by atoms with van der Waals surface area (Å²) >= 11 is 6.05. The lowest BCUT2D eigenvalue weighted by molar-refractivity contribution is -0.112. The standard InChI is InChI=1S/C22H21ClN2O4/c1-4-28-22(27)15-5-8-19(9-6-15)25-21(26)17(13-24)11-16-12-18(23)7-10-20(16)29-14(2)3/h5-12,14H,4H2,1-3H3,(H,25,26)/b17-11+. The number of ether oxygens (including phenoxy) is 2. The van der Waals surface area contributed by atoms with E-state index in [0.29, 0.717) is 27.6 Å². The highest BCUT2D eigenvalue weighted by Crippen LogP contribution is 2.26. The van der Waals surface area contributed by atoms with E-state index in [1.807, 2.05) is 19.9 Å². The molecule has 29 heavy (non-hydrogen) atoms. The number of anilines is 1. The zero-order chi connectivity index (χ0) is 21.4. The van der Waals surface area contributed by atoms with Crippen molar-refractivity contribution in [1.82, 2.24) is 0 Å². The van der Waals surface area contributed by atoms with Crippen LogP contribution >= 0.6 is 11.6 Å². The predicted molar refractivity (Wildman–Crippen MR) is 112 cm³/mol. The molecule has 1 amide bonds. The lowest BCUT2D eigenvalue weighted by Crippen LogP contribution is -2.14. The molecular weight excluding hydrogens is 392 g/mol. The van der Waals surface area contributed by atoms with Gasteiger partial charge in [-0.05, 0) is 69.3 Å². The second kappa shape index (κ2) is 10.3. The SMILES string of the molecule is CCOC(=O)c1ccc(NC(=O)/C(C#N)=C/c2cc(Cl)ccc2OC(C)C)cc1. The van der Waals surface area contributed by atoms with Gasteiger partial charge in [-0.3, -0.25) is 4.79 Å². The quantitative estimate of drug-likeness (QED) is 0.399. The van der Waals surface area contributed by atoms with Gasteiger partial charge in [-0.2, -0.15) is 5.26 Å². The largest absolute Gasteiger partial charge is 0.490 e. The van der Waals surface area contributed by atoms with Crippen LogP contribution in [0.4, 0.5) is 5.69 Å². The molecule has 0 spiro atoms. The van der Waals surface area contributed by atoms with Crippen LogP contribution in [0.15, 0.2) is 48.0 Å². The number of hydrogen-bond acceptors (Lipinski definition) is 5. The van der Waals surface area contributed by atoms with Crippen molar-refractivity contribution >= 4 is 35.2 Å². The van der Waals surface area contributed by atoms with Crippen LogP contribution in [0.25, 0.3) is 6.08 Å². The normalized spacial score (nSPS) is 11.0. The highest BCUT2D eigenvalue weighted by atomic mass is 35.5. The second-order valence-electron chi connectivity index (χ2n) is 6.27. The zero-order valence-electron chi connectivity index (χ0n) is 16.4. The fourth-order valence-corrected chi connectivity index (χ4v) is 2.58. The molecule has 6 nitrogen and oxygen atoms in total.